The summed E-state index contributed by atoms with van der Waals surface area (Å²) in [5.74, 6) is 0. The Hall–Kier alpha value is -10.3. The molecule has 18 rings (SSSR count). The molecule has 13 aromatic carbocycles. The Kier molecular flexibility index (Phi) is 16.3. The van der Waals surface area contributed by atoms with Gasteiger partial charge in [-0.1, -0.05) is 284 Å². The topological polar surface area (TPSA) is 6.48 Å². The van der Waals surface area contributed by atoms with E-state index in [9.17, 15) is 0 Å². The third kappa shape index (κ3) is 10.1. The second-order valence-electron chi connectivity index (χ2n) is 30.3. The first-order valence-electron chi connectivity index (χ1n) is 38.4. The lowest BCUT2D eigenvalue weighted by molar-refractivity contribution is 0.414. The Morgan fingerprint density at radius 2 is 0.612 bits per heavy atom. The van der Waals surface area contributed by atoms with Gasteiger partial charge in [-0.3, -0.25) is 0 Å². The minimum atomic E-state index is -0.477. The second kappa shape index (κ2) is 25.9. The van der Waals surface area contributed by atoms with Crippen LogP contribution in [0.2, 0.25) is 0 Å². The zero-order valence-electron chi connectivity index (χ0n) is 60.8. The summed E-state index contributed by atoms with van der Waals surface area (Å²) in [7, 11) is 0. The standard InChI is InChI=1S/C100H90N2S/c1-8-12-55-98(56-13-9-2)91-59-65(5)35-49-81(91)83-52-46-73(62-93(83)98)102(74-47-53-84-82-50-36-66(6)60-92(82)99(57-14-10-3,58-15-11-4)94(84)63-74)72-45-51-76(67(7)61-72)68-37-41-70(42-38-68)101(71-43-39-69(40-44-71)77-29-24-30-87-86-28-19-23-34-96(86)103-97(77)87)75-48-54-85-80-27-18-22-33-90(80)100(95(85)64-75)88-31-20-16-25-78(88)79-26-17-21-32-89(79)100/h16-54,59-64H,8-15,55-58H2,1-7H3. The first-order valence-corrected chi connectivity index (χ1v) is 39.2. The molecule has 506 valence electrons. The lowest BCUT2D eigenvalue weighted by Gasteiger charge is -2.35. The van der Waals surface area contributed by atoms with Crippen LogP contribution in [0, 0.1) is 20.8 Å². The maximum absolute atomic E-state index is 2.64. The number of aryl methyl sites for hydroxylation is 3. The van der Waals surface area contributed by atoms with Crippen molar-refractivity contribution in [3.63, 3.8) is 0 Å². The fraction of sp³-hybridized carbons (Fsp3) is 0.220. The molecule has 4 aliphatic carbocycles. The number of hydrogen-bond acceptors (Lipinski definition) is 3. The Balaban J connectivity index is 0.773. The molecule has 0 radical (unpaired) electrons. The number of thiophene rings is 1. The summed E-state index contributed by atoms with van der Waals surface area (Å²) in [6, 6.07) is 106. The average molecular weight is 1350 g/mol. The summed E-state index contributed by atoms with van der Waals surface area (Å²) in [6.07, 6.45) is 14.1. The van der Waals surface area contributed by atoms with Crippen molar-refractivity contribution in [3.05, 3.63) is 334 Å². The van der Waals surface area contributed by atoms with Gasteiger partial charge in [-0.15, -0.1) is 11.3 Å². The normalized spacial score (nSPS) is 14.1. The molecule has 14 aromatic rings. The van der Waals surface area contributed by atoms with Gasteiger partial charge in [-0.2, -0.15) is 0 Å². The molecular formula is C100H90N2S. The molecule has 0 saturated heterocycles. The highest BCUT2D eigenvalue weighted by atomic mass is 32.1. The molecule has 0 aliphatic heterocycles. The molecule has 103 heavy (non-hydrogen) atoms. The van der Waals surface area contributed by atoms with E-state index in [-0.39, 0.29) is 10.8 Å². The smallest absolute Gasteiger partial charge is 0.0726 e. The third-order valence-corrected chi connectivity index (χ3v) is 25.5. The minimum Gasteiger partial charge on any atom is -0.310 e. The van der Waals surface area contributed by atoms with E-state index in [1.165, 1.54) is 217 Å². The predicted octanol–water partition coefficient (Wildman–Crippen LogP) is 28.9. The Morgan fingerprint density at radius 1 is 0.272 bits per heavy atom. The van der Waals surface area contributed by atoms with E-state index in [2.05, 4.69) is 331 Å². The van der Waals surface area contributed by atoms with Crippen LogP contribution in [0.25, 0.3) is 86.9 Å². The quantitative estimate of drug-likeness (QED) is 0.0750. The maximum Gasteiger partial charge on any atom is 0.0726 e. The molecule has 0 atom stereocenters. The molecule has 0 unspecified atom stereocenters. The molecule has 1 aromatic heterocycles. The monoisotopic (exact) mass is 1350 g/mol. The van der Waals surface area contributed by atoms with Crippen LogP contribution in [-0.2, 0) is 16.2 Å². The van der Waals surface area contributed by atoms with Crippen molar-refractivity contribution in [1.29, 1.82) is 0 Å². The van der Waals surface area contributed by atoms with Gasteiger partial charge in [0.05, 0.1) is 5.41 Å². The molecule has 4 aliphatic rings. The highest BCUT2D eigenvalue weighted by molar-refractivity contribution is 7.26. The van der Waals surface area contributed by atoms with Crippen LogP contribution in [0.5, 0.6) is 0 Å². The van der Waals surface area contributed by atoms with Gasteiger partial charge in [-0.25, -0.2) is 0 Å². The highest BCUT2D eigenvalue weighted by Gasteiger charge is 2.52. The van der Waals surface area contributed by atoms with Gasteiger partial charge in [-0.05, 0) is 242 Å². The second-order valence-corrected chi connectivity index (χ2v) is 31.3. The summed E-state index contributed by atoms with van der Waals surface area (Å²) in [5, 5.41) is 2.63. The van der Waals surface area contributed by atoms with Crippen LogP contribution in [-0.4, -0.2) is 0 Å². The molecule has 0 saturated carbocycles. The van der Waals surface area contributed by atoms with Crippen molar-refractivity contribution in [3.8, 4) is 66.8 Å². The van der Waals surface area contributed by atoms with Gasteiger partial charge in [0.25, 0.3) is 0 Å². The van der Waals surface area contributed by atoms with E-state index >= 15 is 0 Å². The number of benzene rings is 13. The molecule has 3 heteroatoms. The number of fused-ring (bicyclic) bond motifs is 19. The molecule has 1 spiro atoms. The van der Waals surface area contributed by atoms with Crippen molar-refractivity contribution in [2.24, 2.45) is 0 Å². The first-order chi connectivity index (χ1) is 50.6. The number of rotatable bonds is 20. The van der Waals surface area contributed by atoms with Crippen molar-refractivity contribution in [2.75, 3.05) is 9.80 Å². The van der Waals surface area contributed by atoms with Gasteiger partial charge in [0.15, 0.2) is 0 Å². The molecular weight excluding hydrogens is 1260 g/mol. The van der Waals surface area contributed by atoms with E-state index < -0.39 is 5.41 Å². The van der Waals surface area contributed by atoms with E-state index in [1.807, 2.05) is 11.3 Å². The summed E-state index contributed by atoms with van der Waals surface area (Å²) in [4.78, 5) is 5.13. The lowest BCUT2D eigenvalue weighted by Crippen LogP contribution is -2.26. The van der Waals surface area contributed by atoms with Gasteiger partial charge in [0, 0.05) is 65.1 Å². The third-order valence-electron chi connectivity index (χ3n) is 24.3. The predicted molar refractivity (Wildman–Crippen MR) is 441 cm³/mol. The molecule has 2 nitrogen and oxygen atoms in total. The average Bonchev–Trinajstić information content (AvgIpc) is 1.52. The van der Waals surface area contributed by atoms with Gasteiger partial charge >= 0.3 is 0 Å². The summed E-state index contributed by atoms with van der Waals surface area (Å²) >= 11 is 1.89. The van der Waals surface area contributed by atoms with Gasteiger partial charge < -0.3 is 9.80 Å². The van der Waals surface area contributed by atoms with Gasteiger partial charge in [0.2, 0.25) is 0 Å². The lowest BCUT2D eigenvalue weighted by atomic mass is 9.70. The Labute approximate surface area is 614 Å². The maximum atomic E-state index is 2.64. The van der Waals surface area contributed by atoms with Crippen molar-refractivity contribution < 1.29 is 0 Å². The Morgan fingerprint density at radius 3 is 1.08 bits per heavy atom. The van der Waals surface area contributed by atoms with E-state index in [1.54, 1.807) is 0 Å². The summed E-state index contributed by atoms with van der Waals surface area (Å²) < 4.78 is 2.65. The fourth-order valence-corrected chi connectivity index (χ4v) is 20.7. The summed E-state index contributed by atoms with van der Waals surface area (Å²) in [5.41, 5.74) is 37.5. The molecule has 0 bridgehead atoms. The molecule has 0 N–H and O–H groups in total. The zero-order valence-corrected chi connectivity index (χ0v) is 61.6. The number of nitrogens with zero attached hydrogens (tertiary/aromatic N) is 2. The first kappa shape index (κ1) is 64.8. The highest BCUT2D eigenvalue weighted by Crippen LogP contribution is 2.64. The molecule has 0 fully saturated rings. The number of hydrogen-bond donors (Lipinski definition) is 0. The number of anilines is 6. The largest absolute Gasteiger partial charge is 0.310 e. The van der Waals surface area contributed by atoms with Crippen LogP contribution in [0.4, 0.5) is 34.1 Å². The Bertz CT molecular complexity index is 5440. The molecule has 0 amide bonds. The van der Waals surface area contributed by atoms with Gasteiger partial charge in [0.1, 0.15) is 0 Å². The summed E-state index contributed by atoms with van der Waals surface area (Å²) in [6.45, 7) is 16.4. The van der Waals surface area contributed by atoms with Crippen LogP contribution in [0.15, 0.2) is 273 Å². The SMILES string of the molecule is CCCCC1(CCCC)c2cc(C)ccc2-c2ccc(N(c3ccc(-c4ccc(N(c5ccc(-c6cccc7c6sc6ccccc67)cc5)c5ccc6c(c5)C5(c7ccccc7-c7ccccc75)c5ccccc5-6)cc4)c(C)c3)c3ccc4c(c3)C(CCCC)(CCCC)c3cc(C)ccc3-4)cc21. The van der Waals surface area contributed by atoms with E-state index in [0.717, 1.165) is 42.7 Å². The molecule has 1 heterocycles. The minimum absolute atomic E-state index is 0.0551. The fourth-order valence-electron chi connectivity index (χ4n) is 19.5. The van der Waals surface area contributed by atoms with Crippen molar-refractivity contribution in [1.82, 2.24) is 0 Å². The van der Waals surface area contributed by atoms with E-state index in [4.69, 9.17) is 0 Å². The van der Waals surface area contributed by atoms with Crippen LogP contribution in [0.1, 0.15) is 166 Å². The van der Waals surface area contributed by atoms with Crippen molar-refractivity contribution >= 4 is 65.6 Å². The zero-order chi connectivity index (χ0) is 69.7. The van der Waals surface area contributed by atoms with E-state index in [0.29, 0.717) is 0 Å². The number of unbranched alkanes of at least 4 members (excludes halogenated alkanes) is 4. The van der Waals surface area contributed by atoms with Crippen LogP contribution < -0.4 is 9.80 Å². The van der Waals surface area contributed by atoms with Crippen LogP contribution in [0.3, 0.4) is 0 Å². The van der Waals surface area contributed by atoms with Crippen molar-refractivity contribution in [2.45, 2.75) is 142 Å². The van der Waals surface area contributed by atoms with Crippen LogP contribution >= 0.6 is 11.3 Å².